The molecule has 2 aromatic carbocycles. The van der Waals surface area contributed by atoms with Gasteiger partial charge in [-0.3, -0.25) is 0 Å². The number of nitrogens with zero attached hydrogens (tertiary/aromatic N) is 4. The number of nitrogen functional groups attached to an aromatic ring is 1. The lowest BCUT2D eigenvalue weighted by Crippen LogP contribution is -2.17. The number of alkyl halides is 3. The highest BCUT2D eigenvalue weighted by molar-refractivity contribution is 6.03. The van der Waals surface area contributed by atoms with Gasteiger partial charge < -0.3 is 22.5 Å². The van der Waals surface area contributed by atoms with E-state index in [1.807, 2.05) is 0 Å². The highest BCUT2D eigenvalue weighted by Crippen LogP contribution is 2.36. The molecule has 1 heterocycles. The number of nitrogens with two attached hydrogens (primary N) is 3. The molecule has 0 fully saturated rings. The topological polar surface area (TPSA) is 141 Å². The van der Waals surface area contributed by atoms with Crippen molar-refractivity contribution in [1.29, 1.82) is 0 Å². The van der Waals surface area contributed by atoms with Crippen molar-refractivity contribution in [3.05, 3.63) is 59.7 Å². The predicted molar refractivity (Wildman–Crippen MR) is 109 cm³/mol. The molecule has 0 aliphatic carbocycles. The summed E-state index contributed by atoms with van der Waals surface area (Å²) in [7, 11) is 0. The van der Waals surface area contributed by atoms with Crippen molar-refractivity contribution in [2.24, 2.45) is 16.5 Å². The molecule has 7 N–H and O–H groups in total. The number of hydrogen-bond acceptors (Lipinski definition) is 7. The largest absolute Gasteiger partial charge is 0.417 e. The Morgan fingerprint density at radius 3 is 2.43 bits per heavy atom. The lowest BCUT2D eigenvalue weighted by atomic mass is 10.1. The van der Waals surface area contributed by atoms with Gasteiger partial charge >= 0.3 is 6.18 Å². The molecule has 0 radical (unpaired) electrons. The maximum absolute atomic E-state index is 13.4. The van der Waals surface area contributed by atoms with Crippen molar-refractivity contribution in [3.63, 3.8) is 0 Å². The lowest BCUT2D eigenvalue weighted by molar-refractivity contribution is -0.137. The Morgan fingerprint density at radius 2 is 1.73 bits per heavy atom. The molecule has 11 heteroatoms. The fraction of sp³-hybridized carbons (Fsp3) is 0.158. The smallest absolute Gasteiger partial charge is 0.398 e. The van der Waals surface area contributed by atoms with Gasteiger partial charge in [0.05, 0.1) is 5.56 Å². The standard InChI is InChI=1S/C19H19F3N8/c20-19(21,22)13-7-3-1-5-11(13)16-28-18(17(30-29-16)26-10-9-23)27-15(25)12-6-2-4-8-14(12)24/h1-8H,9-10,23-24H2,(H,26,30)(H2,25,27,28,29). The zero-order valence-electron chi connectivity index (χ0n) is 15.7. The first-order chi connectivity index (χ1) is 14.3. The minimum Gasteiger partial charge on any atom is -0.398 e. The van der Waals surface area contributed by atoms with Gasteiger partial charge in [0.25, 0.3) is 0 Å². The van der Waals surface area contributed by atoms with E-state index in [1.54, 1.807) is 24.3 Å². The SMILES string of the molecule is NCCNc1nnc(-c2ccccc2C(F)(F)F)nc1/N=C(\N)c1ccccc1N. The van der Waals surface area contributed by atoms with Crippen LogP contribution in [0.5, 0.6) is 0 Å². The van der Waals surface area contributed by atoms with Crippen LogP contribution in [0.4, 0.5) is 30.5 Å². The number of para-hydroxylation sites is 1. The van der Waals surface area contributed by atoms with Gasteiger partial charge in [-0.25, -0.2) is 9.98 Å². The Bertz CT molecular complexity index is 1070. The van der Waals surface area contributed by atoms with Crippen molar-refractivity contribution >= 4 is 23.2 Å². The number of nitrogens with one attached hydrogen (secondary N) is 1. The Kier molecular flexibility index (Phi) is 6.11. The van der Waals surface area contributed by atoms with E-state index in [9.17, 15) is 13.2 Å². The van der Waals surface area contributed by atoms with Gasteiger partial charge in [-0.1, -0.05) is 30.3 Å². The lowest BCUT2D eigenvalue weighted by Gasteiger charge is -2.13. The Labute approximate surface area is 170 Å². The van der Waals surface area contributed by atoms with Crippen LogP contribution in [0.3, 0.4) is 0 Å². The number of hydrogen-bond donors (Lipinski definition) is 4. The molecule has 0 saturated heterocycles. The van der Waals surface area contributed by atoms with Gasteiger partial charge in [0.2, 0.25) is 5.82 Å². The molecule has 3 aromatic rings. The van der Waals surface area contributed by atoms with Crippen LogP contribution in [0.1, 0.15) is 11.1 Å². The zero-order chi connectivity index (χ0) is 21.7. The number of halogens is 3. The minimum absolute atomic E-state index is 0.0273. The van der Waals surface area contributed by atoms with E-state index in [-0.39, 0.29) is 35.4 Å². The Morgan fingerprint density at radius 1 is 1.03 bits per heavy atom. The van der Waals surface area contributed by atoms with Crippen LogP contribution in [0.25, 0.3) is 11.4 Å². The van der Waals surface area contributed by atoms with E-state index in [0.29, 0.717) is 17.8 Å². The molecule has 156 valence electrons. The second-order valence-electron chi connectivity index (χ2n) is 6.15. The van der Waals surface area contributed by atoms with Crippen molar-refractivity contribution < 1.29 is 13.2 Å². The number of amidine groups is 1. The van der Waals surface area contributed by atoms with Crippen molar-refractivity contribution in [2.75, 3.05) is 24.1 Å². The molecule has 0 atom stereocenters. The van der Waals surface area contributed by atoms with Gasteiger partial charge in [0.15, 0.2) is 11.6 Å². The number of aliphatic imine (C=N–C) groups is 1. The quantitative estimate of drug-likeness (QED) is 0.275. The summed E-state index contributed by atoms with van der Waals surface area (Å²) >= 11 is 0. The van der Waals surface area contributed by atoms with E-state index < -0.39 is 11.7 Å². The van der Waals surface area contributed by atoms with E-state index in [4.69, 9.17) is 17.2 Å². The number of rotatable bonds is 6. The van der Waals surface area contributed by atoms with Crippen molar-refractivity contribution in [1.82, 2.24) is 15.2 Å². The highest BCUT2D eigenvalue weighted by Gasteiger charge is 2.34. The normalized spacial score (nSPS) is 12.1. The second kappa shape index (κ2) is 8.74. The molecule has 1 aromatic heterocycles. The molecule has 0 aliphatic rings. The third kappa shape index (κ3) is 4.63. The third-order valence-electron chi connectivity index (χ3n) is 4.04. The number of benzene rings is 2. The molecule has 3 rings (SSSR count). The summed E-state index contributed by atoms with van der Waals surface area (Å²) in [5.74, 6) is -0.120. The van der Waals surface area contributed by atoms with E-state index >= 15 is 0 Å². The van der Waals surface area contributed by atoms with Gasteiger partial charge in [-0.15, -0.1) is 10.2 Å². The van der Waals surface area contributed by atoms with Gasteiger partial charge in [0.1, 0.15) is 5.84 Å². The summed E-state index contributed by atoms with van der Waals surface area (Å²) in [4.78, 5) is 8.42. The molecule has 0 aliphatic heterocycles. The van der Waals surface area contributed by atoms with Crippen molar-refractivity contribution in [2.45, 2.75) is 6.18 Å². The Hall–Kier alpha value is -3.73. The van der Waals surface area contributed by atoms with E-state index in [0.717, 1.165) is 6.07 Å². The molecular formula is C19H19F3N8. The predicted octanol–water partition coefficient (Wildman–Crippen LogP) is 2.55. The van der Waals surface area contributed by atoms with Crippen LogP contribution in [-0.2, 0) is 6.18 Å². The Balaban J connectivity index is 2.13. The van der Waals surface area contributed by atoms with Crippen LogP contribution >= 0.6 is 0 Å². The fourth-order valence-electron chi connectivity index (χ4n) is 2.64. The van der Waals surface area contributed by atoms with Crippen molar-refractivity contribution in [3.8, 4) is 11.4 Å². The average Bonchev–Trinajstić information content (AvgIpc) is 2.72. The third-order valence-corrected chi connectivity index (χ3v) is 4.04. The van der Waals surface area contributed by atoms with Crippen LogP contribution in [0.15, 0.2) is 53.5 Å². The summed E-state index contributed by atoms with van der Waals surface area (Å²) in [6.45, 7) is 0.607. The van der Waals surface area contributed by atoms with E-state index in [2.05, 4.69) is 25.5 Å². The molecule has 0 amide bonds. The fourth-order valence-corrected chi connectivity index (χ4v) is 2.64. The minimum atomic E-state index is -4.59. The summed E-state index contributed by atoms with van der Waals surface area (Å²) < 4.78 is 40.2. The maximum atomic E-state index is 13.4. The zero-order valence-corrected chi connectivity index (χ0v) is 15.7. The highest BCUT2D eigenvalue weighted by atomic mass is 19.4. The van der Waals surface area contributed by atoms with Gasteiger partial charge in [-0.05, 0) is 18.2 Å². The molecule has 0 spiro atoms. The van der Waals surface area contributed by atoms with Crippen LogP contribution in [0, 0.1) is 0 Å². The molecular weight excluding hydrogens is 397 g/mol. The molecule has 30 heavy (non-hydrogen) atoms. The molecule has 8 nitrogen and oxygen atoms in total. The van der Waals surface area contributed by atoms with Crippen LogP contribution in [-0.4, -0.2) is 34.1 Å². The monoisotopic (exact) mass is 416 g/mol. The average molecular weight is 416 g/mol. The van der Waals surface area contributed by atoms with Gasteiger partial charge in [0, 0.05) is 29.9 Å². The van der Waals surface area contributed by atoms with Crippen LogP contribution < -0.4 is 22.5 Å². The van der Waals surface area contributed by atoms with Gasteiger partial charge in [-0.2, -0.15) is 13.2 Å². The van der Waals surface area contributed by atoms with Crippen LogP contribution in [0.2, 0.25) is 0 Å². The summed E-state index contributed by atoms with van der Waals surface area (Å²) in [6.07, 6.45) is -4.59. The molecule has 0 bridgehead atoms. The summed E-state index contributed by atoms with van der Waals surface area (Å²) in [5.41, 5.74) is 17.2. The number of aromatic nitrogens is 3. The molecule has 0 unspecified atom stereocenters. The first-order valence-electron chi connectivity index (χ1n) is 8.85. The summed E-state index contributed by atoms with van der Waals surface area (Å²) in [5, 5.41) is 10.7. The number of anilines is 2. The second-order valence-corrected chi connectivity index (χ2v) is 6.15. The maximum Gasteiger partial charge on any atom is 0.417 e. The molecule has 0 saturated carbocycles. The van der Waals surface area contributed by atoms with E-state index in [1.165, 1.54) is 18.2 Å². The summed E-state index contributed by atoms with van der Waals surface area (Å²) in [6, 6.07) is 11.7. The first kappa shape index (κ1) is 21.0. The first-order valence-corrected chi connectivity index (χ1v) is 8.85.